The van der Waals surface area contributed by atoms with Gasteiger partial charge in [-0.25, -0.2) is 0 Å². The predicted molar refractivity (Wildman–Crippen MR) is 89.8 cm³/mol. The second-order valence-corrected chi connectivity index (χ2v) is 4.88. The zero-order valence-corrected chi connectivity index (χ0v) is 13.6. The van der Waals surface area contributed by atoms with Crippen LogP contribution in [0.1, 0.15) is 52.4 Å². The number of esters is 1. The normalized spacial score (nSPS) is 12.5. The summed E-state index contributed by atoms with van der Waals surface area (Å²) in [5.41, 5.74) is 0. The summed E-state index contributed by atoms with van der Waals surface area (Å²) in [5, 5.41) is 9.62. The Hall–Kier alpha value is -1.97. The van der Waals surface area contributed by atoms with E-state index in [1.807, 2.05) is 6.08 Å². The lowest BCUT2D eigenvalue weighted by Crippen LogP contribution is -2.10. The van der Waals surface area contributed by atoms with Crippen molar-refractivity contribution in [2.75, 3.05) is 0 Å². The fraction of sp³-hybridized carbons (Fsp3) is 0.526. The average Bonchev–Trinajstić information content (AvgIpc) is 2.49. The Bertz CT molecular complexity index is 468. The summed E-state index contributed by atoms with van der Waals surface area (Å²) in [6.07, 6.45) is 10.7. The van der Waals surface area contributed by atoms with E-state index in [4.69, 9.17) is 4.74 Å². The Morgan fingerprint density at radius 1 is 1.23 bits per heavy atom. The fourth-order valence-corrected chi connectivity index (χ4v) is 1.67. The van der Waals surface area contributed by atoms with E-state index in [2.05, 4.69) is 37.2 Å². The molecule has 0 aliphatic heterocycles. The van der Waals surface area contributed by atoms with E-state index in [9.17, 15) is 9.90 Å². The SMILES string of the molecule is C=C[C@H](C#CC#C[C@H](O)/C=C\CCCCCCC)OC(C)=O. The van der Waals surface area contributed by atoms with Crippen molar-refractivity contribution in [3.8, 4) is 23.7 Å². The van der Waals surface area contributed by atoms with Crippen molar-refractivity contribution in [1.29, 1.82) is 0 Å². The van der Waals surface area contributed by atoms with Gasteiger partial charge in [0.1, 0.15) is 6.10 Å². The predicted octanol–water partition coefficient (Wildman–Crippen LogP) is 3.39. The van der Waals surface area contributed by atoms with Crippen molar-refractivity contribution in [2.24, 2.45) is 0 Å². The van der Waals surface area contributed by atoms with Crippen molar-refractivity contribution < 1.29 is 14.6 Å². The molecule has 0 radical (unpaired) electrons. The largest absolute Gasteiger partial charge is 0.445 e. The highest BCUT2D eigenvalue weighted by molar-refractivity contribution is 5.66. The Morgan fingerprint density at radius 3 is 2.55 bits per heavy atom. The number of carbonyl (C=O) groups is 1. The van der Waals surface area contributed by atoms with Crippen LogP contribution in [0.2, 0.25) is 0 Å². The summed E-state index contributed by atoms with van der Waals surface area (Å²) in [6, 6.07) is 0. The molecule has 0 aliphatic rings. The van der Waals surface area contributed by atoms with Crippen molar-refractivity contribution in [3.05, 3.63) is 24.8 Å². The molecule has 0 aromatic rings. The molecule has 3 nitrogen and oxygen atoms in total. The number of hydrogen-bond donors (Lipinski definition) is 1. The van der Waals surface area contributed by atoms with Gasteiger partial charge in [0.25, 0.3) is 0 Å². The molecule has 0 amide bonds. The molecule has 0 unspecified atom stereocenters. The third-order valence-electron chi connectivity index (χ3n) is 2.80. The molecule has 0 spiro atoms. The fourth-order valence-electron chi connectivity index (χ4n) is 1.67. The van der Waals surface area contributed by atoms with E-state index in [1.54, 1.807) is 6.08 Å². The molecule has 0 heterocycles. The molecular formula is C19H26O3. The third-order valence-corrected chi connectivity index (χ3v) is 2.80. The van der Waals surface area contributed by atoms with Crippen LogP contribution in [0.4, 0.5) is 0 Å². The topological polar surface area (TPSA) is 46.5 Å². The second kappa shape index (κ2) is 14.0. The molecule has 0 saturated heterocycles. The van der Waals surface area contributed by atoms with Gasteiger partial charge < -0.3 is 9.84 Å². The molecule has 120 valence electrons. The van der Waals surface area contributed by atoms with E-state index in [-0.39, 0.29) is 0 Å². The molecule has 0 aromatic carbocycles. The number of rotatable bonds is 9. The van der Waals surface area contributed by atoms with Crippen LogP contribution in [0, 0.1) is 23.7 Å². The molecule has 0 aliphatic carbocycles. The highest BCUT2D eigenvalue weighted by atomic mass is 16.5. The van der Waals surface area contributed by atoms with Crippen LogP contribution in [0.25, 0.3) is 0 Å². The summed E-state index contributed by atoms with van der Waals surface area (Å²) in [7, 11) is 0. The standard InChI is InChI=1S/C19H26O3/c1-4-6-7-8-9-10-11-14-18(21)15-12-13-16-19(5-2)22-17(3)20/h5,11,14,18-19,21H,2,4,6-10H2,1,3H3/b14-11-/t18-,19-/m1/s1. The number of hydrogen-bond acceptors (Lipinski definition) is 3. The molecule has 22 heavy (non-hydrogen) atoms. The number of allylic oxidation sites excluding steroid dienone is 1. The first-order valence-electron chi connectivity index (χ1n) is 7.75. The molecule has 0 bridgehead atoms. The number of ether oxygens (including phenoxy) is 1. The Labute approximate surface area is 134 Å². The van der Waals surface area contributed by atoms with Gasteiger partial charge in [0, 0.05) is 6.92 Å². The van der Waals surface area contributed by atoms with Gasteiger partial charge in [-0.3, -0.25) is 4.79 Å². The first-order chi connectivity index (χ1) is 10.6. The lowest BCUT2D eigenvalue weighted by Gasteiger charge is -2.03. The van der Waals surface area contributed by atoms with E-state index in [0.717, 1.165) is 12.8 Å². The van der Waals surface area contributed by atoms with Crippen LogP contribution < -0.4 is 0 Å². The Morgan fingerprint density at radius 2 is 1.91 bits per heavy atom. The molecule has 0 aromatic heterocycles. The van der Waals surface area contributed by atoms with Gasteiger partial charge in [0.2, 0.25) is 0 Å². The van der Waals surface area contributed by atoms with Gasteiger partial charge in [0.15, 0.2) is 6.10 Å². The lowest BCUT2D eigenvalue weighted by molar-refractivity contribution is -0.142. The van der Waals surface area contributed by atoms with Gasteiger partial charge in [-0.2, -0.15) is 0 Å². The number of carbonyl (C=O) groups excluding carboxylic acids is 1. The lowest BCUT2D eigenvalue weighted by atomic mass is 10.1. The molecule has 1 N–H and O–H groups in total. The summed E-state index contributed by atoms with van der Waals surface area (Å²) >= 11 is 0. The molecule has 0 saturated carbocycles. The summed E-state index contributed by atoms with van der Waals surface area (Å²) in [4.78, 5) is 10.8. The van der Waals surface area contributed by atoms with Crippen LogP contribution in [0.5, 0.6) is 0 Å². The van der Waals surface area contributed by atoms with Gasteiger partial charge in [0.05, 0.1) is 0 Å². The minimum absolute atomic E-state index is 0.422. The van der Waals surface area contributed by atoms with Crippen LogP contribution in [0.3, 0.4) is 0 Å². The minimum Gasteiger partial charge on any atom is -0.445 e. The Balaban J connectivity index is 4.04. The first kappa shape index (κ1) is 20.0. The van der Waals surface area contributed by atoms with E-state index in [0.29, 0.717) is 0 Å². The van der Waals surface area contributed by atoms with Gasteiger partial charge in [-0.05, 0) is 42.8 Å². The maximum Gasteiger partial charge on any atom is 0.304 e. The zero-order chi connectivity index (χ0) is 16.6. The highest BCUT2D eigenvalue weighted by Crippen LogP contribution is 2.05. The molecule has 2 atom stereocenters. The van der Waals surface area contributed by atoms with Crippen molar-refractivity contribution in [3.63, 3.8) is 0 Å². The maximum atomic E-state index is 10.8. The summed E-state index contributed by atoms with van der Waals surface area (Å²) in [5.74, 6) is 9.89. The summed E-state index contributed by atoms with van der Waals surface area (Å²) < 4.78 is 4.85. The molecule has 0 fully saturated rings. The van der Waals surface area contributed by atoms with Crippen LogP contribution in [-0.2, 0) is 9.53 Å². The summed E-state index contributed by atoms with van der Waals surface area (Å²) in [6.45, 7) is 7.02. The van der Waals surface area contributed by atoms with Gasteiger partial charge >= 0.3 is 5.97 Å². The smallest absolute Gasteiger partial charge is 0.304 e. The minimum atomic E-state index is -0.819. The average molecular weight is 302 g/mol. The number of unbranched alkanes of at least 4 members (excludes halogenated alkanes) is 5. The molecular weight excluding hydrogens is 276 g/mol. The van der Waals surface area contributed by atoms with E-state index >= 15 is 0 Å². The quantitative estimate of drug-likeness (QED) is 0.307. The van der Waals surface area contributed by atoms with Gasteiger partial charge in [-0.15, -0.1) is 0 Å². The van der Waals surface area contributed by atoms with Crippen LogP contribution in [-0.4, -0.2) is 23.3 Å². The van der Waals surface area contributed by atoms with Crippen molar-refractivity contribution in [2.45, 2.75) is 64.6 Å². The van der Waals surface area contributed by atoms with Crippen molar-refractivity contribution in [1.82, 2.24) is 0 Å². The Kier molecular flexibility index (Phi) is 12.7. The van der Waals surface area contributed by atoms with Crippen molar-refractivity contribution >= 4 is 5.97 Å². The number of aliphatic hydroxyl groups is 1. The maximum absolute atomic E-state index is 10.8. The highest BCUT2D eigenvalue weighted by Gasteiger charge is 2.01. The molecule has 3 heteroatoms. The monoisotopic (exact) mass is 302 g/mol. The zero-order valence-electron chi connectivity index (χ0n) is 13.6. The van der Waals surface area contributed by atoms with E-state index < -0.39 is 18.2 Å². The van der Waals surface area contributed by atoms with Gasteiger partial charge in [-0.1, -0.05) is 51.2 Å². The number of aliphatic hydroxyl groups excluding tert-OH is 1. The van der Waals surface area contributed by atoms with E-state index in [1.165, 1.54) is 38.7 Å². The van der Waals surface area contributed by atoms with Crippen LogP contribution >= 0.6 is 0 Å². The molecule has 0 rings (SSSR count). The third kappa shape index (κ3) is 13.0. The second-order valence-electron chi connectivity index (χ2n) is 4.88. The first-order valence-corrected chi connectivity index (χ1v) is 7.75. The van der Waals surface area contributed by atoms with Crippen LogP contribution in [0.15, 0.2) is 24.8 Å².